The van der Waals surface area contributed by atoms with Gasteiger partial charge in [0.05, 0.1) is 0 Å². The fraction of sp³-hybridized carbons (Fsp3) is 0.200. The Hall–Kier alpha value is -2.20. The van der Waals surface area contributed by atoms with E-state index in [2.05, 4.69) is 4.98 Å². The van der Waals surface area contributed by atoms with Crippen molar-refractivity contribution in [2.45, 2.75) is 6.10 Å². The number of anilines is 1. The number of Topliss-reactive ketones (excluding diaryl/α,β-unsaturated/α-hetero) is 1. The summed E-state index contributed by atoms with van der Waals surface area (Å²) in [6.45, 7) is 0. The van der Waals surface area contributed by atoms with Crippen LogP contribution in [0.1, 0.15) is 22.0 Å². The number of hydrogen-bond donors (Lipinski definition) is 1. The summed E-state index contributed by atoms with van der Waals surface area (Å²) in [5, 5.41) is 10.0. The van der Waals surface area contributed by atoms with Gasteiger partial charge in [-0.2, -0.15) is 0 Å². The van der Waals surface area contributed by atoms with Gasteiger partial charge in [-0.1, -0.05) is 6.07 Å². The lowest BCUT2D eigenvalue weighted by molar-refractivity contribution is 0.0747. The summed E-state index contributed by atoms with van der Waals surface area (Å²) in [6, 6.07) is 10.5. The zero-order valence-corrected chi connectivity index (χ0v) is 10.9. The molecule has 2 aromatic rings. The van der Waals surface area contributed by atoms with Crippen LogP contribution in [0.15, 0.2) is 48.8 Å². The minimum atomic E-state index is -1.17. The zero-order valence-electron chi connectivity index (χ0n) is 10.9. The van der Waals surface area contributed by atoms with E-state index in [1.54, 1.807) is 30.5 Å². The molecule has 0 aliphatic heterocycles. The molecule has 0 aliphatic rings. The van der Waals surface area contributed by atoms with E-state index in [9.17, 15) is 9.90 Å². The third-order valence-corrected chi connectivity index (χ3v) is 2.92. The summed E-state index contributed by atoms with van der Waals surface area (Å²) >= 11 is 0. The van der Waals surface area contributed by atoms with E-state index < -0.39 is 6.10 Å². The molecule has 1 N–H and O–H groups in total. The van der Waals surface area contributed by atoms with Crippen molar-refractivity contribution in [1.82, 2.24) is 4.98 Å². The van der Waals surface area contributed by atoms with Gasteiger partial charge in [-0.05, 0) is 30.3 Å². The number of pyridine rings is 1. The van der Waals surface area contributed by atoms with Gasteiger partial charge in [0, 0.05) is 43.3 Å². The molecule has 1 heterocycles. The van der Waals surface area contributed by atoms with Gasteiger partial charge >= 0.3 is 0 Å². The van der Waals surface area contributed by atoms with Crippen LogP contribution in [0, 0.1) is 0 Å². The molecule has 1 aromatic carbocycles. The largest absolute Gasteiger partial charge is 0.380 e. The van der Waals surface area contributed by atoms with Gasteiger partial charge < -0.3 is 10.0 Å². The van der Waals surface area contributed by atoms with E-state index in [0.29, 0.717) is 11.1 Å². The minimum absolute atomic E-state index is 0.321. The van der Waals surface area contributed by atoms with E-state index in [4.69, 9.17) is 0 Å². The summed E-state index contributed by atoms with van der Waals surface area (Å²) in [5.74, 6) is -0.321. The third kappa shape index (κ3) is 2.98. The fourth-order valence-electron chi connectivity index (χ4n) is 1.77. The van der Waals surface area contributed by atoms with Crippen LogP contribution < -0.4 is 4.90 Å². The number of carbonyl (C=O) groups excluding carboxylic acids is 1. The maximum atomic E-state index is 12.1. The maximum Gasteiger partial charge on any atom is 0.195 e. The van der Waals surface area contributed by atoms with Gasteiger partial charge in [0.25, 0.3) is 0 Å². The van der Waals surface area contributed by atoms with E-state index in [1.165, 1.54) is 6.20 Å². The van der Waals surface area contributed by atoms with Gasteiger partial charge in [-0.15, -0.1) is 0 Å². The molecule has 4 heteroatoms. The second-order valence-electron chi connectivity index (χ2n) is 4.49. The standard InChI is InChI=1S/C15H16N2O2/c1-17(2)13-7-5-11(6-8-13)14(18)15(19)12-4-3-9-16-10-12/h3-10,15,19H,1-2H3. The van der Waals surface area contributed by atoms with E-state index in [0.717, 1.165) is 5.69 Å². The van der Waals surface area contributed by atoms with Crippen molar-refractivity contribution < 1.29 is 9.90 Å². The highest BCUT2D eigenvalue weighted by molar-refractivity contribution is 6.00. The van der Waals surface area contributed by atoms with Crippen LogP contribution in [0.3, 0.4) is 0 Å². The number of ketones is 1. The van der Waals surface area contributed by atoms with Gasteiger partial charge in [0.1, 0.15) is 6.10 Å². The highest BCUT2D eigenvalue weighted by Crippen LogP contribution is 2.19. The van der Waals surface area contributed by atoms with Gasteiger partial charge in [0.15, 0.2) is 5.78 Å². The van der Waals surface area contributed by atoms with Gasteiger partial charge in [-0.3, -0.25) is 9.78 Å². The Bertz CT molecular complexity index is 550. The molecule has 0 saturated carbocycles. The van der Waals surface area contributed by atoms with Crippen LogP contribution in [0.4, 0.5) is 5.69 Å². The van der Waals surface area contributed by atoms with Crippen molar-refractivity contribution in [2.24, 2.45) is 0 Å². The van der Waals surface area contributed by atoms with Gasteiger partial charge in [-0.25, -0.2) is 0 Å². The predicted octanol–water partition coefficient (Wildman–Crippen LogP) is 2.06. The van der Waals surface area contributed by atoms with E-state index in [1.807, 2.05) is 31.1 Å². The van der Waals surface area contributed by atoms with Crippen molar-refractivity contribution >= 4 is 11.5 Å². The molecule has 4 nitrogen and oxygen atoms in total. The van der Waals surface area contributed by atoms with Crippen LogP contribution >= 0.6 is 0 Å². The molecule has 1 atom stereocenters. The molecule has 0 amide bonds. The van der Waals surface area contributed by atoms with Crippen molar-refractivity contribution in [1.29, 1.82) is 0 Å². The minimum Gasteiger partial charge on any atom is -0.380 e. The first kappa shape index (κ1) is 13.2. The number of nitrogens with zero attached hydrogens (tertiary/aromatic N) is 2. The molecule has 19 heavy (non-hydrogen) atoms. The molecule has 0 saturated heterocycles. The Labute approximate surface area is 112 Å². The summed E-state index contributed by atoms with van der Waals surface area (Å²) < 4.78 is 0. The van der Waals surface area contributed by atoms with Crippen LogP contribution in [-0.2, 0) is 0 Å². The molecule has 1 unspecified atom stereocenters. The molecular formula is C15H16N2O2. The third-order valence-electron chi connectivity index (χ3n) is 2.92. The smallest absolute Gasteiger partial charge is 0.195 e. The Balaban J connectivity index is 2.20. The lowest BCUT2D eigenvalue weighted by Crippen LogP contribution is -2.13. The van der Waals surface area contributed by atoms with Crippen LogP contribution in [0.2, 0.25) is 0 Å². The Morgan fingerprint density at radius 3 is 2.42 bits per heavy atom. The number of benzene rings is 1. The Morgan fingerprint density at radius 2 is 1.89 bits per heavy atom. The van der Waals surface area contributed by atoms with Crippen molar-refractivity contribution in [3.05, 3.63) is 59.9 Å². The first-order valence-electron chi connectivity index (χ1n) is 5.99. The molecule has 0 bridgehead atoms. The van der Waals surface area contributed by atoms with Crippen LogP contribution in [-0.4, -0.2) is 30.0 Å². The quantitative estimate of drug-likeness (QED) is 0.851. The number of aliphatic hydroxyl groups is 1. The van der Waals surface area contributed by atoms with Crippen LogP contribution in [0.25, 0.3) is 0 Å². The number of hydrogen-bond acceptors (Lipinski definition) is 4. The molecule has 0 radical (unpaired) electrons. The predicted molar refractivity (Wildman–Crippen MR) is 74.3 cm³/mol. The normalized spacial score (nSPS) is 11.9. The topological polar surface area (TPSA) is 53.4 Å². The fourth-order valence-corrected chi connectivity index (χ4v) is 1.77. The lowest BCUT2D eigenvalue weighted by atomic mass is 10.0. The zero-order chi connectivity index (χ0) is 13.8. The molecular weight excluding hydrogens is 240 g/mol. The number of aromatic nitrogens is 1. The molecule has 1 aromatic heterocycles. The number of rotatable bonds is 4. The van der Waals surface area contributed by atoms with Crippen molar-refractivity contribution in [3.63, 3.8) is 0 Å². The second kappa shape index (κ2) is 5.63. The van der Waals surface area contributed by atoms with Crippen LogP contribution in [0.5, 0.6) is 0 Å². The average molecular weight is 256 g/mol. The Kier molecular flexibility index (Phi) is 3.92. The second-order valence-corrected chi connectivity index (χ2v) is 4.49. The summed E-state index contributed by atoms with van der Waals surface area (Å²) in [7, 11) is 3.86. The monoisotopic (exact) mass is 256 g/mol. The van der Waals surface area contributed by atoms with E-state index in [-0.39, 0.29) is 5.78 Å². The number of carbonyl (C=O) groups is 1. The molecule has 98 valence electrons. The van der Waals surface area contributed by atoms with Gasteiger partial charge in [0.2, 0.25) is 0 Å². The Morgan fingerprint density at radius 1 is 1.21 bits per heavy atom. The lowest BCUT2D eigenvalue weighted by Gasteiger charge is -2.13. The van der Waals surface area contributed by atoms with Crippen molar-refractivity contribution in [2.75, 3.05) is 19.0 Å². The molecule has 0 fully saturated rings. The maximum absolute atomic E-state index is 12.1. The number of aliphatic hydroxyl groups excluding tert-OH is 1. The first-order valence-corrected chi connectivity index (χ1v) is 5.99. The first-order chi connectivity index (χ1) is 9.09. The average Bonchev–Trinajstić information content (AvgIpc) is 2.46. The molecule has 0 spiro atoms. The summed E-state index contributed by atoms with van der Waals surface area (Å²) in [6.07, 6.45) is 1.93. The SMILES string of the molecule is CN(C)c1ccc(C(=O)C(O)c2cccnc2)cc1. The molecule has 2 rings (SSSR count). The summed E-state index contributed by atoms with van der Waals surface area (Å²) in [4.78, 5) is 18.0. The summed E-state index contributed by atoms with van der Waals surface area (Å²) in [5.41, 5.74) is 2.00. The highest BCUT2D eigenvalue weighted by atomic mass is 16.3. The van der Waals surface area contributed by atoms with E-state index >= 15 is 0 Å². The van der Waals surface area contributed by atoms with Crippen molar-refractivity contribution in [3.8, 4) is 0 Å². The molecule has 0 aliphatic carbocycles. The highest BCUT2D eigenvalue weighted by Gasteiger charge is 2.19.